The molecule has 2 nitrogen and oxygen atoms in total. The molecule has 5 heteroatoms. The van der Waals surface area contributed by atoms with Crippen molar-refractivity contribution in [3.05, 3.63) is 29.3 Å². The van der Waals surface area contributed by atoms with Crippen molar-refractivity contribution in [1.29, 1.82) is 0 Å². The topological polar surface area (TPSA) is 34.1 Å². The fraction of sp³-hybridized carbons (Fsp3) is 0.562. The summed E-state index contributed by atoms with van der Waals surface area (Å²) >= 11 is -1.37. The molecule has 0 saturated heterocycles. The fourth-order valence-electron chi connectivity index (χ4n) is 1.42. The number of hydrogen-bond acceptors (Lipinski definition) is 2. The smallest absolute Gasteiger partial charge is 0.219 e. The third-order valence-corrected chi connectivity index (χ3v) is 3.24. The van der Waals surface area contributed by atoms with Gasteiger partial charge in [-0.2, -0.15) is 11.1 Å². The Balaban J connectivity index is -0.000000250. The van der Waals surface area contributed by atoms with Gasteiger partial charge in [0, 0.05) is 20.0 Å². The van der Waals surface area contributed by atoms with Crippen LogP contribution in [0.15, 0.2) is 16.7 Å². The minimum atomic E-state index is -1.37. The number of rotatable bonds is 0. The van der Waals surface area contributed by atoms with Crippen LogP contribution in [0, 0.1) is 18.0 Å². The van der Waals surface area contributed by atoms with E-state index in [0.717, 1.165) is 0 Å². The predicted octanol–water partition coefficient (Wildman–Crippen LogP) is 3.35. The molecule has 0 spiro atoms. The Labute approximate surface area is 143 Å². The van der Waals surface area contributed by atoms with E-state index in [-0.39, 0.29) is 13.3 Å². The van der Waals surface area contributed by atoms with Gasteiger partial charge in [0.25, 0.3) is 0 Å². The average Bonchev–Trinajstić information content (AvgIpc) is 2.56. The van der Waals surface area contributed by atoms with Gasteiger partial charge in [-0.05, 0) is 7.92 Å². The average molecular weight is 494 g/mol. The van der Waals surface area contributed by atoms with Crippen LogP contribution in [-0.2, 0) is 27.2 Å². The molecule has 0 N–H and O–H groups in total. The Kier molecular flexibility index (Phi) is 18.4. The first-order valence-electron chi connectivity index (χ1n) is 6.42. The summed E-state index contributed by atoms with van der Waals surface area (Å²) < 4.78 is 3.02. The van der Waals surface area contributed by atoms with Crippen LogP contribution in [0.4, 0.5) is 0 Å². The molecule has 0 heterocycles. The molecule has 0 aromatic carbocycles. The van der Waals surface area contributed by atoms with Crippen molar-refractivity contribution in [3.63, 3.8) is 0 Å². The van der Waals surface area contributed by atoms with Crippen molar-refractivity contribution in [3.8, 4) is 0 Å². The van der Waals surface area contributed by atoms with E-state index in [1.807, 2.05) is 0 Å². The number of allylic oxidation sites excluding steroid dienone is 4. The zero-order valence-corrected chi connectivity index (χ0v) is 19.4. The second-order valence-corrected chi connectivity index (χ2v) is 10.3. The van der Waals surface area contributed by atoms with Gasteiger partial charge >= 0.3 is 35.8 Å². The normalized spacial score (nSPS) is 14.1. The van der Waals surface area contributed by atoms with Crippen molar-refractivity contribution in [1.82, 2.24) is 0 Å². The van der Waals surface area contributed by atoms with Gasteiger partial charge in [-0.1, -0.05) is 33.1 Å². The first-order valence-corrected chi connectivity index (χ1v) is 13.1. The van der Waals surface area contributed by atoms with Crippen LogP contribution in [-0.4, -0.2) is 38.8 Å². The van der Waals surface area contributed by atoms with E-state index in [4.69, 9.17) is 9.59 Å². The van der Waals surface area contributed by atoms with Gasteiger partial charge in [-0.3, -0.25) is 6.08 Å². The monoisotopic (exact) mass is 494 g/mol. The van der Waals surface area contributed by atoms with Crippen LogP contribution < -0.4 is 0 Å². The maximum Gasteiger partial charge on any atom is -0.219 e. The zero-order valence-electron chi connectivity index (χ0n) is 14.4. The first-order chi connectivity index (χ1) is 9.60. The molecule has 0 aromatic rings. The SMILES string of the molecule is CC1=[C-]C(C)(C)C(C)=C1C.C[PH+](C)C.O=[C]=[W]=[C]=O.[CH2-][Si]. The van der Waals surface area contributed by atoms with Gasteiger partial charge in [0.15, 0.2) is 0 Å². The van der Waals surface area contributed by atoms with E-state index in [1.54, 1.807) is 0 Å². The Hall–Kier alpha value is -0.0248. The van der Waals surface area contributed by atoms with Gasteiger partial charge < -0.3 is 6.55 Å². The second kappa shape index (κ2) is 14.9. The van der Waals surface area contributed by atoms with E-state index < -0.39 is 17.6 Å². The summed E-state index contributed by atoms with van der Waals surface area (Å²) in [6, 6.07) is 0. The van der Waals surface area contributed by atoms with Crippen molar-refractivity contribution in [2.75, 3.05) is 20.0 Å². The van der Waals surface area contributed by atoms with Gasteiger partial charge in [0.2, 0.25) is 0 Å². The maximum absolute atomic E-state index is 9.09. The van der Waals surface area contributed by atoms with Crippen LogP contribution in [0.25, 0.3) is 0 Å². The Morgan fingerprint density at radius 1 is 1.10 bits per heavy atom. The van der Waals surface area contributed by atoms with Gasteiger partial charge in [-0.15, -0.1) is 6.92 Å². The summed E-state index contributed by atoms with van der Waals surface area (Å²) in [4.78, 5) is 18.2. The van der Waals surface area contributed by atoms with Crippen LogP contribution in [0.5, 0.6) is 0 Å². The minimum Gasteiger partial charge on any atom is -0.354 e. The van der Waals surface area contributed by atoms with Gasteiger partial charge in [0.1, 0.15) is 0 Å². The van der Waals surface area contributed by atoms with Gasteiger partial charge in [-0.25, -0.2) is 15.8 Å². The van der Waals surface area contributed by atoms with E-state index in [9.17, 15) is 0 Å². The standard InChI is InChI=1S/C10H15.C3H9P.2CO.CH2Si.W/c1-7-6-10(4,5)9(3)8(7)2;1-4(2)3;3*1-2;/h1-5H3;1-3H3;;;1H2;/q-1;;;;-1;/p+1. The minimum absolute atomic E-state index is 0.120. The number of carbonyl (C=O) groups excluding carboxylic acids is 2. The molecule has 0 aromatic heterocycles. The first kappa shape index (κ1) is 25.9. The summed E-state index contributed by atoms with van der Waals surface area (Å²) in [5.74, 6) is 0. The van der Waals surface area contributed by atoms with E-state index in [2.05, 4.69) is 77.5 Å². The van der Waals surface area contributed by atoms with Crippen molar-refractivity contribution < 1.29 is 27.2 Å². The van der Waals surface area contributed by atoms with Crippen molar-refractivity contribution in [2.24, 2.45) is 5.41 Å². The van der Waals surface area contributed by atoms with Crippen LogP contribution in [0.3, 0.4) is 0 Å². The maximum atomic E-state index is 9.09. The molecule has 0 atom stereocenters. The molecule has 1 aliphatic carbocycles. The van der Waals surface area contributed by atoms with Gasteiger partial charge in [0.05, 0.1) is 0 Å². The fourth-order valence-corrected chi connectivity index (χ4v) is 1.55. The molecular weight excluding hydrogens is 467 g/mol. The molecule has 119 valence electrons. The van der Waals surface area contributed by atoms with Crippen molar-refractivity contribution >= 4 is 26.7 Å². The molecule has 0 saturated carbocycles. The molecule has 0 bridgehead atoms. The second-order valence-electron chi connectivity index (χ2n) is 5.39. The van der Waals surface area contributed by atoms with Crippen LogP contribution in [0.1, 0.15) is 34.6 Å². The predicted molar refractivity (Wildman–Crippen MR) is 93.2 cm³/mol. The molecular formula is C16H27O2PSiW-. The molecule has 0 unspecified atom stereocenters. The summed E-state index contributed by atoms with van der Waals surface area (Å²) in [6.07, 6.45) is 3.44. The third kappa shape index (κ3) is 14.7. The van der Waals surface area contributed by atoms with Crippen molar-refractivity contribution in [2.45, 2.75) is 34.6 Å². The quantitative estimate of drug-likeness (QED) is 0.294. The molecule has 1 rings (SSSR count). The number of hydrogen-bond donors (Lipinski definition) is 0. The van der Waals surface area contributed by atoms with Crippen LogP contribution in [0.2, 0.25) is 0 Å². The van der Waals surface area contributed by atoms with Crippen LogP contribution >= 0.6 is 7.92 Å². The zero-order chi connectivity index (χ0) is 17.6. The summed E-state index contributed by atoms with van der Waals surface area (Å²) in [7, 11) is 2.84. The summed E-state index contributed by atoms with van der Waals surface area (Å²) in [5.41, 5.74) is 4.39. The molecule has 0 aliphatic heterocycles. The summed E-state index contributed by atoms with van der Waals surface area (Å²) in [6.45, 7) is 20.8. The van der Waals surface area contributed by atoms with E-state index >= 15 is 0 Å². The molecule has 3 radical (unpaired) electrons. The Morgan fingerprint density at radius 3 is 1.48 bits per heavy atom. The third-order valence-electron chi connectivity index (χ3n) is 2.65. The largest absolute Gasteiger partial charge is 0.354 e. The molecule has 1 aliphatic rings. The molecule has 21 heavy (non-hydrogen) atoms. The van der Waals surface area contributed by atoms with E-state index in [0.29, 0.717) is 0 Å². The summed E-state index contributed by atoms with van der Waals surface area (Å²) in [5, 5.41) is 0. The molecule has 0 amide bonds. The Bertz CT molecular complexity index is 448. The molecule has 0 fully saturated rings. The Morgan fingerprint density at radius 2 is 1.43 bits per heavy atom. The van der Waals surface area contributed by atoms with E-state index in [1.165, 1.54) is 25.3 Å².